The van der Waals surface area contributed by atoms with E-state index in [4.69, 9.17) is 5.53 Å². The van der Waals surface area contributed by atoms with E-state index in [0.717, 1.165) is 14.5 Å². The Labute approximate surface area is 141 Å². The molecule has 0 saturated heterocycles. The number of rotatable bonds is 3. The highest BCUT2D eigenvalue weighted by atomic mass is 80.0. The van der Waals surface area contributed by atoms with Gasteiger partial charge in [-0.1, -0.05) is 84.8 Å². The van der Waals surface area contributed by atoms with Gasteiger partial charge in [0.2, 0.25) is 0 Å². The van der Waals surface area contributed by atoms with Gasteiger partial charge in [0, 0.05) is 13.9 Å². The van der Waals surface area contributed by atoms with Crippen LogP contribution in [-0.2, 0) is 0 Å². The number of nitrogens with zero attached hydrogens (tertiary/aromatic N) is 3. The van der Waals surface area contributed by atoms with Crippen molar-refractivity contribution in [3.05, 3.63) is 43.2 Å². The summed E-state index contributed by atoms with van der Waals surface area (Å²) in [4.78, 5) is 2.89. The molecule has 0 aliphatic rings. The molecule has 0 bridgehead atoms. The predicted octanol–water partition coefficient (Wildman–Crippen LogP) is 6.79. The first-order chi connectivity index (χ1) is 7.81. The summed E-state index contributed by atoms with van der Waals surface area (Å²) in [5, 5.41) is 3.81. The van der Waals surface area contributed by atoms with Crippen LogP contribution in [0.1, 0.15) is 18.0 Å². The van der Waals surface area contributed by atoms with Gasteiger partial charge in [0.1, 0.15) is 2.14 Å². The van der Waals surface area contributed by atoms with Crippen molar-refractivity contribution in [3.8, 4) is 0 Å². The van der Waals surface area contributed by atoms with Crippen molar-refractivity contribution in [1.82, 2.24) is 0 Å². The van der Waals surface area contributed by atoms with Crippen molar-refractivity contribution < 1.29 is 0 Å². The Hall–Kier alpha value is 0.930. The molecule has 0 spiro atoms. The molecule has 0 saturated carbocycles. The Kier molecular flexibility index (Phi) is 6.50. The van der Waals surface area contributed by atoms with Gasteiger partial charge in [-0.2, -0.15) is 0 Å². The fourth-order valence-corrected chi connectivity index (χ4v) is 3.52. The largest absolute Gasteiger partial charge is 0.135 e. The third-order valence-corrected chi connectivity index (χ3v) is 3.77. The first-order valence-corrected chi connectivity index (χ1v) is 8.35. The minimum atomic E-state index is -0.444. The van der Waals surface area contributed by atoms with E-state index in [1.165, 1.54) is 0 Å². The van der Waals surface area contributed by atoms with Gasteiger partial charge >= 0.3 is 0 Å². The number of hydrogen-bond donors (Lipinski definition) is 0. The lowest BCUT2D eigenvalue weighted by molar-refractivity contribution is 0.681. The summed E-state index contributed by atoms with van der Waals surface area (Å²) in [5.74, 6) is 0. The summed E-state index contributed by atoms with van der Waals surface area (Å²) in [6, 6.07) is 5.53. The van der Waals surface area contributed by atoms with Gasteiger partial charge in [0.15, 0.2) is 0 Å². The normalized spacial score (nSPS) is 13.0. The van der Waals surface area contributed by atoms with Crippen LogP contribution in [0.2, 0.25) is 0 Å². The summed E-state index contributed by atoms with van der Waals surface area (Å²) in [6.07, 6.45) is 0.569. The minimum absolute atomic E-state index is 0.271. The smallest absolute Gasteiger partial charge is 0.0858 e. The molecule has 1 atom stereocenters. The first-order valence-electron chi connectivity index (χ1n) is 4.39. The second kappa shape index (κ2) is 6.91. The lowest BCUT2D eigenvalue weighted by atomic mass is 10.1. The molecule has 0 aromatic heterocycles. The van der Waals surface area contributed by atoms with Gasteiger partial charge in [-0.15, -0.1) is 0 Å². The molecule has 3 nitrogen and oxygen atoms in total. The molecular weight excluding hydrogens is 550 g/mol. The molecule has 1 aromatic carbocycles. The van der Waals surface area contributed by atoms with Crippen LogP contribution in [0.4, 0.5) is 0 Å². The van der Waals surface area contributed by atoms with Gasteiger partial charge in [-0.3, -0.25) is 0 Å². The fraction of sp³-hybridized carbons (Fsp3) is 0.333. The predicted molar refractivity (Wildman–Crippen MR) is 87.9 cm³/mol. The molecule has 17 heavy (non-hydrogen) atoms. The number of benzene rings is 1. The zero-order valence-corrected chi connectivity index (χ0v) is 16.2. The average Bonchev–Trinajstić information content (AvgIpc) is 2.13. The van der Waals surface area contributed by atoms with Crippen molar-refractivity contribution in [2.75, 3.05) is 0 Å². The third kappa shape index (κ3) is 6.07. The van der Waals surface area contributed by atoms with E-state index in [-0.39, 0.29) is 6.04 Å². The standard InChI is InChI=1S/C9H6Br5N3/c10-6-1-5(2-7(11)3-6)8(16-17-15)4-9(12,13)14/h1-3,8H,4H2/t8-/m0/s1. The molecule has 0 aliphatic heterocycles. The van der Waals surface area contributed by atoms with E-state index in [2.05, 4.69) is 89.7 Å². The zero-order valence-electron chi connectivity index (χ0n) is 8.25. The van der Waals surface area contributed by atoms with E-state index < -0.39 is 2.14 Å². The second-order valence-electron chi connectivity index (χ2n) is 3.24. The number of halogens is 5. The number of azide groups is 1. The molecular formula is C9H6Br5N3. The highest BCUT2D eigenvalue weighted by Crippen LogP contribution is 2.43. The summed E-state index contributed by atoms with van der Waals surface area (Å²) in [6.45, 7) is 0. The maximum Gasteiger partial charge on any atom is 0.135 e. The fourth-order valence-electron chi connectivity index (χ4n) is 1.27. The molecule has 1 rings (SSSR count). The summed E-state index contributed by atoms with van der Waals surface area (Å²) >= 11 is 17.1. The first kappa shape index (κ1) is 16.0. The van der Waals surface area contributed by atoms with E-state index in [1.807, 2.05) is 18.2 Å². The van der Waals surface area contributed by atoms with E-state index in [0.29, 0.717) is 6.42 Å². The Morgan fingerprint density at radius 3 is 2.12 bits per heavy atom. The highest BCUT2D eigenvalue weighted by Gasteiger charge is 2.24. The number of hydrogen-bond acceptors (Lipinski definition) is 1. The van der Waals surface area contributed by atoms with Crippen LogP contribution in [0, 0.1) is 0 Å². The monoisotopic (exact) mass is 551 g/mol. The van der Waals surface area contributed by atoms with E-state index in [1.54, 1.807) is 0 Å². The molecule has 1 aromatic rings. The quantitative estimate of drug-likeness (QED) is 0.171. The van der Waals surface area contributed by atoms with Crippen LogP contribution in [-0.4, -0.2) is 2.14 Å². The lowest BCUT2D eigenvalue weighted by Crippen LogP contribution is -2.07. The number of alkyl halides is 3. The Balaban J connectivity index is 3.09. The minimum Gasteiger partial charge on any atom is -0.0858 e. The van der Waals surface area contributed by atoms with Crippen molar-refractivity contribution in [2.24, 2.45) is 5.11 Å². The van der Waals surface area contributed by atoms with Crippen LogP contribution in [0.15, 0.2) is 32.3 Å². The SMILES string of the molecule is [N-]=[N+]=N[C@@H](CC(Br)(Br)Br)c1cc(Br)cc(Br)c1. The van der Waals surface area contributed by atoms with Crippen LogP contribution in [0.3, 0.4) is 0 Å². The Bertz CT molecular complexity index is 430. The van der Waals surface area contributed by atoms with Crippen molar-refractivity contribution in [1.29, 1.82) is 0 Å². The van der Waals surface area contributed by atoms with E-state index >= 15 is 0 Å². The summed E-state index contributed by atoms with van der Waals surface area (Å²) < 4.78 is 1.43. The Morgan fingerprint density at radius 2 is 1.71 bits per heavy atom. The van der Waals surface area contributed by atoms with Gasteiger partial charge in [-0.25, -0.2) is 0 Å². The van der Waals surface area contributed by atoms with Gasteiger partial charge in [0.25, 0.3) is 0 Å². The van der Waals surface area contributed by atoms with Gasteiger partial charge in [0.05, 0.1) is 6.04 Å². The molecule has 0 N–H and O–H groups in total. The molecule has 0 unspecified atom stereocenters. The molecule has 0 fully saturated rings. The maximum atomic E-state index is 8.62. The van der Waals surface area contributed by atoms with Crippen molar-refractivity contribution in [3.63, 3.8) is 0 Å². The Morgan fingerprint density at radius 1 is 1.18 bits per heavy atom. The van der Waals surface area contributed by atoms with Crippen LogP contribution >= 0.6 is 79.6 Å². The summed E-state index contributed by atoms with van der Waals surface area (Å²) in [7, 11) is 0. The molecule has 8 heteroatoms. The average molecular weight is 556 g/mol. The highest BCUT2D eigenvalue weighted by molar-refractivity contribution is 9.39. The van der Waals surface area contributed by atoms with Gasteiger partial charge in [-0.05, 0) is 35.7 Å². The molecule has 0 heterocycles. The third-order valence-electron chi connectivity index (χ3n) is 1.89. The maximum absolute atomic E-state index is 8.62. The molecule has 0 radical (unpaired) electrons. The second-order valence-corrected chi connectivity index (χ2v) is 12.3. The lowest BCUT2D eigenvalue weighted by Gasteiger charge is -2.18. The zero-order chi connectivity index (χ0) is 13.1. The molecule has 0 amide bonds. The molecule has 0 aliphatic carbocycles. The van der Waals surface area contributed by atoms with Crippen LogP contribution < -0.4 is 0 Å². The van der Waals surface area contributed by atoms with Crippen LogP contribution in [0.5, 0.6) is 0 Å². The van der Waals surface area contributed by atoms with E-state index in [9.17, 15) is 0 Å². The van der Waals surface area contributed by atoms with Crippen molar-refractivity contribution in [2.45, 2.75) is 14.6 Å². The van der Waals surface area contributed by atoms with Gasteiger partial charge < -0.3 is 0 Å². The summed E-state index contributed by atoms with van der Waals surface area (Å²) in [5.41, 5.74) is 9.56. The topological polar surface area (TPSA) is 48.8 Å². The molecule has 92 valence electrons. The van der Waals surface area contributed by atoms with Crippen LogP contribution in [0.25, 0.3) is 10.4 Å². The van der Waals surface area contributed by atoms with Crippen molar-refractivity contribution >= 4 is 79.6 Å².